The number of benzene rings is 2. The largest absolute Gasteiger partial charge is 0.573 e. The summed E-state index contributed by atoms with van der Waals surface area (Å²) in [5.74, 6) is -0.674. The van der Waals surface area contributed by atoms with Crippen LogP contribution in [0, 0.1) is 0 Å². The lowest BCUT2D eigenvalue weighted by Crippen LogP contribution is -2.16. The quantitative estimate of drug-likeness (QED) is 0.536. The summed E-state index contributed by atoms with van der Waals surface area (Å²) in [6.07, 6.45) is -4.79. The summed E-state index contributed by atoms with van der Waals surface area (Å²) in [6.45, 7) is 0. The number of aryl methyl sites for hydroxylation is 2. The Morgan fingerprint density at radius 2 is 1.55 bits per heavy atom. The molecular weight excluding hydrogens is 391 g/mol. The molecule has 0 bridgehead atoms. The number of alkyl halides is 3. The van der Waals surface area contributed by atoms with E-state index in [-0.39, 0.29) is 11.3 Å². The topological polar surface area (TPSA) is 94.2 Å². The van der Waals surface area contributed by atoms with Crippen molar-refractivity contribution in [1.29, 1.82) is 0 Å². The van der Waals surface area contributed by atoms with Gasteiger partial charge in [-0.2, -0.15) is 0 Å². The number of rotatable bonds is 4. The standard InChI is InChI=1S/C18H14F3N5O3/c1-25-13-5-3-9(15(27)28)7-11(13)22-16(25)24-17-23-12-8-10(29-18(19,20)21)4-6-14(12)26(17)2/h3-8H,1-2H3,(H,27,28)(H,22,23,24). The van der Waals surface area contributed by atoms with E-state index in [2.05, 4.69) is 20.0 Å². The summed E-state index contributed by atoms with van der Waals surface area (Å²) in [6, 6.07) is 8.47. The molecule has 0 amide bonds. The Labute approximate surface area is 161 Å². The van der Waals surface area contributed by atoms with E-state index < -0.39 is 12.3 Å². The summed E-state index contributed by atoms with van der Waals surface area (Å²) in [5.41, 5.74) is 2.20. The van der Waals surface area contributed by atoms with Crippen molar-refractivity contribution in [2.75, 3.05) is 5.32 Å². The molecule has 150 valence electrons. The summed E-state index contributed by atoms with van der Waals surface area (Å²) >= 11 is 0. The molecular formula is C18H14F3N5O3. The molecule has 0 aliphatic carbocycles. The molecule has 2 heterocycles. The normalized spacial score (nSPS) is 11.9. The molecule has 0 spiro atoms. The second-order valence-electron chi connectivity index (χ2n) is 6.32. The zero-order chi connectivity index (χ0) is 20.9. The Bertz CT molecular complexity index is 1260. The number of carboxylic acids is 1. The highest BCUT2D eigenvalue weighted by Crippen LogP contribution is 2.29. The van der Waals surface area contributed by atoms with Crippen LogP contribution in [0.4, 0.5) is 25.1 Å². The van der Waals surface area contributed by atoms with Gasteiger partial charge in [-0.1, -0.05) is 0 Å². The fraction of sp³-hybridized carbons (Fsp3) is 0.167. The number of halogens is 3. The number of hydrogen-bond donors (Lipinski definition) is 2. The van der Waals surface area contributed by atoms with Crippen molar-refractivity contribution < 1.29 is 27.8 Å². The first kappa shape index (κ1) is 18.6. The smallest absolute Gasteiger partial charge is 0.478 e. The van der Waals surface area contributed by atoms with Crippen LogP contribution in [0.25, 0.3) is 22.1 Å². The molecule has 0 saturated heterocycles. The van der Waals surface area contributed by atoms with Gasteiger partial charge < -0.3 is 19.0 Å². The molecule has 0 saturated carbocycles. The first-order valence-electron chi connectivity index (χ1n) is 8.31. The van der Waals surface area contributed by atoms with E-state index >= 15 is 0 Å². The van der Waals surface area contributed by atoms with Crippen molar-refractivity contribution in [3.05, 3.63) is 42.0 Å². The third-order valence-corrected chi connectivity index (χ3v) is 4.44. The summed E-state index contributed by atoms with van der Waals surface area (Å²) in [5, 5.41) is 12.2. The number of fused-ring (bicyclic) bond motifs is 2. The van der Waals surface area contributed by atoms with Crippen LogP contribution < -0.4 is 10.1 Å². The number of anilines is 2. The molecule has 0 fully saturated rings. The number of imidazole rings is 2. The van der Waals surface area contributed by atoms with Gasteiger partial charge in [0.2, 0.25) is 11.9 Å². The Morgan fingerprint density at radius 3 is 2.10 bits per heavy atom. The third kappa shape index (κ3) is 3.42. The van der Waals surface area contributed by atoms with Crippen molar-refractivity contribution in [3.8, 4) is 5.75 Å². The van der Waals surface area contributed by atoms with E-state index in [1.54, 1.807) is 29.3 Å². The van der Waals surface area contributed by atoms with E-state index in [9.17, 15) is 18.0 Å². The van der Waals surface area contributed by atoms with Gasteiger partial charge >= 0.3 is 12.3 Å². The molecule has 0 aliphatic rings. The fourth-order valence-corrected chi connectivity index (χ4v) is 3.03. The fourth-order valence-electron chi connectivity index (χ4n) is 3.03. The summed E-state index contributed by atoms with van der Waals surface area (Å²) in [7, 11) is 3.45. The maximum atomic E-state index is 12.4. The minimum absolute atomic E-state index is 0.113. The average molecular weight is 405 g/mol. The van der Waals surface area contributed by atoms with Gasteiger partial charge in [0.25, 0.3) is 0 Å². The van der Waals surface area contributed by atoms with Crippen LogP contribution in [0.5, 0.6) is 5.75 Å². The molecule has 2 N–H and O–H groups in total. The third-order valence-electron chi connectivity index (χ3n) is 4.44. The van der Waals surface area contributed by atoms with Crippen molar-refractivity contribution >= 4 is 39.9 Å². The Hall–Kier alpha value is -3.76. The maximum absolute atomic E-state index is 12.4. The number of carbonyl (C=O) groups is 1. The Balaban J connectivity index is 1.71. The van der Waals surface area contributed by atoms with Crippen LogP contribution in [-0.4, -0.2) is 36.5 Å². The van der Waals surface area contributed by atoms with Crippen LogP contribution >= 0.6 is 0 Å². The monoisotopic (exact) mass is 405 g/mol. The van der Waals surface area contributed by atoms with E-state index in [4.69, 9.17) is 5.11 Å². The lowest BCUT2D eigenvalue weighted by atomic mass is 10.2. The second-order valence-corrected chi connectivity index (χ2v) is 6.32. The molecule has 4 aromatic rings. The van der Waals surface area contributed by atoms with Gasteiger partial charge in [-0.25, -0.2) is 14.8 Å². The molecule has 0 aliphatic heterocycles. The van der Waals surface area contributed by atoms with E-state index in [0.29, 0.717) is 34.0 Å². The molecule has 2 aromatic carbocycles. The summed E-state index contributed by atoms with van der Waals surface area (Å²) < 4.78 is 44.6. The van der Waals surface area contributed by atoms with Gasteiger partial charge in [0.15, 0.2) is 0 Å². The van der Waals surface area contributed by atoms with Crippen molar-refractivity contribution in [2.45, 2.75) is 6.36 Å². The van der Waals surface area contributed by atoms with Crippen LogP contribution in [0.15, 0.2) is 36.4 Å². The number of ether oxygens (including phenoxy) is 1. The summed E-state index contributed by atoms with van der Waals surface area (Å²) in [4.78, 5) is 19.8. The van der Waals surface area contributed by atoms with Gasteiger partial charge in [-0.15, -0.1) is 13.2 Å². The highest BCUT2D eigenvalue weighted by molar-refractivity contribution is 5.93. The van der Waals surface area contributed by atoms with Crippen molar-refractivity contribution in [3.63, 3.8) is 0 Å². The van der Waals surface area contributed by atoms with Crippen LogP contribution in [0.3, 0.4) is 0 Å². The van der Waals surface area contributed by atoms with E-state index in [1.807, 2.05) is 0 Å². The number of carboxylic acid groups (broad SMARTS) is 1. The predicted octanol–water partition coefficient (Wildman–Crippen LogP) is 3.80. The van der Waals surface area contributed by atoms with Gasteiger partial charge in [0, 0.05) is 20.2 Å². The number of aromatic nitrogens is 4. The molecule has 4 rings (SSSR count). The molecule has 0 atom stereocenters. The zero-order valence-corrected chi connectivity index (χ0v) is 15.2. The zero-order valence-electron chi connectivity index (χ0n) is 15.2. The predicted molar refractivity (Wildman–Crippen MR) is 98.4 cm³/mol. The number of hydrogen-bond acceptors (Lipinski definition) is 5. The Kier molecular flexibility index (Phi) is 4.10. The molecule has 2 aromatic heterocycles. The molecule has 0 radical (unpaired) electrons. The minimum atomic E-state index is -4.79. The highest BCUT2D eigenvalue weighted by atomic mass is 19.4. The SMILES string of the molecule is Cn1c(Nc2nc3cc(C(=O)O)ccc3n2C)nc2cc(OC(F)(F)F)ccc21. The van der Waals surface area contributed by atoms with Crippen molar-refractivity contribution in [2.24, 2.45) is 14.1 Å². The Morgan fingerprint density at radius 1 is 1.00 bits per heavy atom. The maximum Gasteiger partial charge on any atom is 0.573 e. The van der Waals surface area contributed by atoms with Crippen LogP contribution in [-0.2, 0) is 14.1 Å². The first-order chi connectivity index (χ1) is 13.6. The average Bonchev–Trinajstić information content (AvgIpc) is 3.10. The van der Waals surface area contributed by atoms with Crippen LogP contribution in [0.1, 0.15) is 10.4 Å². The molecule has 29 heavy (non-hydrogen) atoms. The van der Waals surface area contributed by atoms with E-state index in [0.717, 1.165) is 0 Å². The molecule has 11 heteroatoms. The molecule has 8 nitrogen and oxygen atoms in total. The van der Waals surface area contributed by atoms with Gasteiger partial charge in [-0.3, -0.25) is 5.32 Å². The van der Waals surface area contributed by atoms with E-state index in [1.165, 1.54) is 30.3 Å². The lowest BCUT2D eigenvalue weighted by Gasteiger charge is -2.08. The number of aromatic carboxylic acids is 1. The lowest BCUT2D eigenvalue weighted by molar-refractivity contribution is -0.274. The first-order valence-corrected chi connectivity index (χ1v) is 8.31. The minimum Gasteiger partial charge on any atom is -0.478 e. The number of nitrogens with one attached hydrogen (secondary N) is 1. The van der Waals surface area contributed by atoms with Gasteiger partial charge in [-0.05, 0) is 30.3 Å². The second kappa shape index (κ2) is 6.40. The van der Waals surface area contributed by atoms with Gasteiger partial charge in [0.05, 0.1) is 27.6 Å². The highest BCUT2D eigenvalue weighted by Gasteiger charge is 2.31. The number of nitrogens with zero attached hydrogens (tertiary/aromatic N) is 4. The van der Waals surface area contributed by atoms with Crippen molar-refractivity contribution in [1.82, 2.24) is 19.1 Å². The van der Waals surface area contributed by atoms with Gasteiger partial charge in [0.1, 0.15) is 5.75 Å². The molecule has 0 unspecified atom stereocenters. The van der Waals surface area contributed by atoms with Crippen LogP contribution in [0.2, 0.25) is 0 Å².